The van der Waals surface area contributed by atoms with Crippen LogP contribution in [-0.2, 0) is 12.0 Å². The molecule has 1 fully saturated rings. The zero-order valence-corrected chi connectivity index (χ0v) is 18.7. The number of nitrogens with zero attached hydrogens (tertiary/aromatic N) is 5. The Labute approximate surface area is 197 Å². The van der Waals surface area contributed by atoms with Crippen molar-refractivity contribution in [3.05, 3.63) is 65.9 Å². The summed E-state index contributed by atoms with van der Waals surface area (Å²) in [6.45, 7) is 1.01. The largest absolute Gasteiger partial charge is 0.368 e. The lowest BCUT2D eigenvalue weighted by Gasteiger charge is -2.42. The molecule has 1 aromatic carbocycles. The minimum Gasteiger partial charge on any atom is -0.368 e. The maximum atomic E-state index is 13.5. The van der Waals surface area contributed by atoms with Crippen LogP contribution < -0.4 is 16.0 Å². The predicted octanol–water partition coefficient (Wildman–Crippen LogP) is 3.87. The number of amides is 1. The maximum absolute atomic E-state index is 13.5. The fourth-order valence-electron chi connectivity index (χ4n) is 5.34. The number of aromatic nitrogens is 3. The highest BCUT2D eigenvalue weighted by Crippen LogP contribution is 2.42. The second-order valence-corrected chi connectivity index (χ2v) is 9.05. The molecule has 1 aliphatic heterocycles. The van der Waals surface area contributed by atoms with Gasteiger partial charge in [0.1, 0.15) is 5.56 Å². The van der Waals surface area contributed by atoms with E-state index >= 15 is 0 Å². The quantitative estimate of drug-likeness (QED) is 0.541. The first-order valence-electron chi connectivity index (χ1n) is 11.5. The summed E-state index contributed by atoms with van der Waals surface area (Å²) < 4.78 is 15.3. The Morgan fingerprint density at radius 1 is 1.29 bits per heavy atom. The average molecular weight is 460 g/mol. The number of halogens is 1. The Balaban J connectivity index is 1.40. The first kappa shape index (κ1) is 21.9. The highest BCUT2D eigenvalue weighted by atomic mass is 19.1. The third kappa shape index (κ3) is 3.96. The van der Waals surface area contributed by atoms with E-state index in [-0.39, 0.29) is 17.8 Å². The van der Waals surface area contributed by atoms with Crippen LogP contribution in [0.2, 0.25) is 0 Å². The van der Waals surface area contributed by atoms with Crippen LogP contribution in [0, 0.1) is 17.3 Å². The minimum atomic E-state index is -0.646. The van der Waals surface area contributed by atoms with Crippen LogP contribution in [0.25, 0.3) is 0 Å². The predicted molar refractivity (Wildman–Crippen MR) is 126 cm³/mol. The summed E-state index contributed by atoms with van der Waals surface area (Å²) >= 11 is 0. The number of primary amides is 1. The fraction of sp³-hybridized carbons (Fsp3) is 0.360. The third-order valence-corrected chi connectivity index (χ3v) is 7.11. The zero-order valence-electron chi connectivity index (χ0n) is 18.7. The van der Waals surface area contributed by atoms with Crippen molar-refractivity contribution >= 4 is 23.1 Å². The van der Waals surface area contributed by atoms with E-state index in [0.717, 1.165) is 38.6 Å². The van der Waals surface area contributed by atoms with E-state index in [2.05, 4.69) is 50.6 Å². The van der Waals surface area contributed by atoms with Gasteiger partial charge in [-0.15, -0.1) is 0 Å². The lowest BCUT2D eigenvalue weighted by molar-refractivity contribution is 0.1000. The number of nitriles is 1. The highest BCUT2D eigenvalue weighted by molar-refractivity contribution is 5.98. The number of anilines is 3. The fourth-order valence-corrected chi connectivity index (χ4v) is 5.34. The molecule has 1 aliphatic carbocycles. The summed E-state index contributed by atoms with van der Waals surface area (Å²) in [5, 5.41) is 17.2. The molecule has 2 aromatic heterocycles. The van der Waals surface area contributed by atoms with Crippen molar-refractivity contribution in [1.82, 2.24) is 14.8 Å². The molecular weight excluding hydrogens is 433 g/mol. The standard InChI is InChI=1S/C25H26FN7O/c26-22-15-18(7-13-29-22)30-24-20(23(28)34)16-33(31-24)25(11-12-27)9-5-19(6-10-25)32-14-8-17-3-1-2-4-21(17)32/h1-4,7,13,15-16,19H,5-6,8-11,14H2,(H2,28,34)(H,29,30,31). The molecule has 0 atom stereocenters. The normalized spacial score (nSPS) is 21.6. The monoisotopic (exact) mass is 459 g/mol. The molecule has 3 heterocycles. The van der Waals surface area contributed by atoms with E-state index in [4.69, 9.17) is 5.73 Å². The third-order valence-electron chi connectivity index (χ3n) is 7.11. The van der Waals surface area contributed by atoms with E-state index < -0.39 is 17.4 Å². The first-order chi connectivity index (χ1) is 16.5. The summed E-state index contributed by atoms with van der Waals surface area (Å²) in [7, 11) is 0. The average Bonchev–Trinajstić information content (AvgIpc) is 3.45. The molecule has 0 bridgehead atoms. The molecule has 8 nitrogen and oxygen atoms in total. The van der Waals surface area contributed by atoms with Gasteiger partial charge in [-0.25, -0.2) is 4.98 Å². The van der Waals surface area contributed by atoms with Gasteiger partial charge in [0.2, 0.25) is 5.95 Å². The Bertz CT molecular complexity index is 1260. The molecule has 174 valence electrons. The van der Waals surface area contributed by atoms with Crippen molar-refractivity contribution in [3.63, 3.8) is 0 Å². The van der Waals surface area contributed by atoms with E-state index in [9.17, 15) is 14.4 Å². The van der Waals surface area contributed by atoms with Gasteiger partial charge in [0.25, 0.3) is 5.91 Å². The molecule has 0 unspecified atom stereocenters. The van der Waals surface area contributed by atoms with Crippen LogP contribution in [0.15, 0.2) is 48.8 Å². The molecule has 1 amide bonds. The molecular formula is C25H26FN7O. The van der Waals surface area contributed by atoms with E-state index in [1.807, 2.05) is 0 Å². The smallest absolute Gasteiger partial charge is 0.254 e. The molecule has 9 heteroatoms. The molecule has 0 radical (unpaired) electrons. The molecule has 5 rings (SSSR count). The molecule has 2 aliphatic rings. The number of hydrogen-bond donors (Lipinski definition) is 2. The van der Waals surface area contributed by atoms with Crippen LogP contribution in [-0.4, -0.2) is 33.3 Å². The second-order valence-electron chi connectivity index (χ2n) is 9.05. The van der Waals surface area contributed by atoms with Crippen molar-refractivity contribution in [2.24, 2.45) is 5.73 Å². The Hall–Kier alpha value is -3.93. The highest BCUT2D eigenvalue weighted by Gasteiger charge is 2.41. The van der Waals surface area contributed by atoms with E-state index in [1.165, 1.54) is 23.5 Å². The molecule has 34 heavy (non-hydrogen) atoms. The van der Waals surface area contributed by atoms with Crippen molar-refractivity contribution in [1.29, 1.82) is 5.26 Å². The van der Waals surface area contributed by atoms with Gasteiger partial charge in [-0.1, -0.05) is 18.2 Å². The minimum absolute atomic E-state index is 0.199. The van der Waals surface area contributed by atoms with Crippen LogP contribution in [0.4, 0.5) is 21.6 Å². The van der Waals surface area contributed by atoms with E-state index in [0.29, 0.717) is 11.7 Å². The van der Waals surface area contributed by atoms with Gasteiger partial charge in [-0.05, 0) is 49.8 Å². The number of nitrogens with two attached hydrogens (primary N) is 1. The van der Waals surface area contributed by atoms with Crippen LogP contribution >= 0.6 is 0 Å². The topological polar surface area (TPSA) is 113 Å². The zero-order chi connectivity index (χ0) is 23.7. The lowest BCUT2D eigenvalue weighted by Crippen LogP contribution is -2.45. The van der Waals surface area contributed by atoms with Gasteiger partial charge in [0.05, 0.1) is 18.0 Å². The number of nitrogens with one attached hydrogen (secondary N) is 1. The maximum Gasteiger partial charge on any atom is 0.254 e. The molecule has 0 saturated heterocycles. The summed E-state index contributed by atoms with van der Waals surface area (Å²) in [4.78, 5) is 18.2. The number of pyridine rings is 1. The summed E-state index contributed by atoms with van der Waals surface area (Å²) in [5.74, 6) is -1.04. The van der Waals surface area contributed by atoms with Crippen molar-refractivity contribution in [2.75, 3.05) is 16.8 Å². The Kier molecular flexibility index (Phi) is 5.65. The number of para-hydroxylation sites is 1. The van der Waals surface area contributed by atoms with Gasteiger partial charge < -0.3 is 16.0 Å². The van der Waals surface area contributed by atoms with Crippen molar-refractivity contribution in [2.45, 2.75) is 50.1 Å². The van der Waals surface area contributed by atoms with Crippen molar-refractivity contribution < 1.29 is 9.18 Å². The SMILES string of the molecule is N#CCC1(n2cc(C(N)=O)c(Nc3ccnc(F)c3)n2)CCC(N2CCc3ccccc32)CC1. The molecule has 3 N–H and O–H groups in total. The number of carbonyl (C=O) groups excluding carboxylic acids is 1. The van der Waals surface area contributed by atoms with Gasteiger partial charge in [-0.2, -0.15) is 14.8 Å². The summed E-state index contributed by atoms with van der Waals surface area (Å²) in [6, 6.07) is 14.1. The van der Waals surface area contributed by atoms with Crippen LogP contribution in [0.5, 0.6) is 0 Å². The van der Waals surface area contributed by atoms with Gasteiger partial charge >= 0.3 is 0 Å². The van der Waals surface area contributed by atoms with Crippen LogP contribution in [0.3, 0.4) is 0 Å². The lowest BCUT2D eigenvalue weighted by atomic mass is 9.77. The Morgan fingerprint density at radius 3 is 2.82 bits per heavy atom. The number of hydrogen-bond acceptors (Lipinski definition) is 6. The van der Waals surface area contributed by atoms with E-state index in [1.54, 1.807) is 16.9 Å². The number of benzene rings is 1. The molecule has 0 spiro atoms. The Morgan fingerprint density at radius 2 is 2.09 bits per heavy atom. The number of rotatable bonds is 6. The molecule has 1 saturated carbocycles. The van der Waals surface area contributed by atoms with Gasteiger partial charge in [-0.3, -0.25) is 9.48 Å². The van der Waals surface area contributed by atoms with Gasteiger partial charge in [0.15, 0.2) is 5.82 Å². The number of fused-ring (bicyclic) bond motifs is 1. The number of carbonyl (C=O) groups is 1. The summed E-state index contributed by atoms with van der Waals surface area (Å²) in [5.41, 5.74) is 8.39. The van der Waals surface area contributed by atoms with Gasteiger partial charge in [0, 0.05) is 42.4 Å². The van der Waals surface area contributed by atoms with Crippen LogP contribution in [0.1, 0.15) is 48.0 Å². The first-order valence-corrected chi connectivity index (χ1v) is 11.5. The summed E-state index contributed by atoms with van der Waals surface area (Å²) in [6.07, 6.45) is 7.63. The second kappa shape index (κ2) is 8.78. The van der Waals surface area contributed by atoms with Crippen molar-refractivity contribution in [3.8, 4) is 6.07 Å². The molecule has 3 aromatic rings.